The summed E-state index contributed by atoms with van der Waals surface area (Å²) in [5.74, 6) is -4.32. The number of ether oxygens (including phenoxy) is 1. The molecule has 3 aliphatic rings. The van der Waals surface area contributed by atoms with Crippen LogP contribution in [-0.2, 0) is 19.2 Å². The summed E-state index contributed by atoms with van der Waals surface area (Å²) in [5, 5.41) is 16.0. The number of rotatable bonds is 8. The van der Waals surface area contributed by atoms with Crippen molar-refractivity contribution in [1.82, 2.24) is 20.3 Å². The molecule has 34 heavy (non-hydrogen) atoms. The predicted octanol–water partition coefficient (Wildman–Crippen LogP) is 1.36. The lowest BCUT2D eigenvalue weighted by Gasteiger charge is -2.31. The molecule has 2 N–H and O–H groups in total. The summed E-state index contributed by atoms with van der Waals surface area (Å²) >= 11 is 1.37. The van der Waals surface area contributed by atoms with Crippen LogP contribution in [-0.4, -0.2) is 95.2 Å². The number of nitrogens with one attached hydrogen (secondary N) is 1. The molecule has 1 aromatic heterocycles. The van der Waals surface area contributed by atoms with Crippen molar-refractivity contribution in [2.75, 3.05) is 39.4 Å². The van der Waals surface area contributed by atoms with Gasteiger partial charge in [-0.2, -0.15) is 5.06 Å². The zero-order valence-electron chi connectivity index (χ0n) is 19.1. The van der Waals surface area contributed by atoms with E-state index in [1.165, 1.54) is 25.2 Å². The fourth-order valence-corrected chi connectivity index (χ4v) is 4.91. The van der Waals surface area contributed by atoms with Crippen LogP contribution in [0.15, 0.2) is 27.8 Å². The Morgan fingerprint density at radius 2 is 2.21 bits per heavy atom. The van der Waals surface area contributed by atoms with Crippen molar-refractivity contribution >= 4 is 29.1 Å². The van der Waals surface area contributed by atoms with Gasteiger partial charge in [0.1, 0.15) is 6.04 Å². The van der Waals surface area contributed by atoms with Gasteiger partial charge in [0.2, 0.25) is 0 Å². The van der Waals surface area contributed by atoms with E-state index in [4.69, 9.17) is 9.57 Å². The van der Waals surface area contributed by atoms with Crippen LogP contribution >= 0.6 is 11.3 Å². The first kappa shape index (κ1) is 24.6. The second kappa shape index (κ2) is 9.29. The second-order valence-corrected chi connectivity index (χ2v) is 9.94. The highest BCUT2D eigenvalue weighted by Gasteiger charge is 2.61. The molecular formula is C21H27F2N5O5S. The Bertz CT molecular complexity index is 1010. The highest BCUT2D eigenvalue weighted by Crippen LogP contribution is 2.41. The van der Waals surface area contributed by atoms with Crippen LogP contribution in [0.25, 0.3) is 0 Å². The van der Waals surface area contributed by atoms with Crippen LogP contribution < -0.4 is 5.32 Å². The SMILES string of the molecule is CCOC(=O)C1=C(CN2CC(F)(F)C3C2CON3CC(C)(C)C(=O)O)NC(c2nccs2)=NC1. The molecule has 0 saturated carbocycles. The molecule has 10 nitrogen and oxygen atoms in total. The van der Waals surface area contributed by atoms with Gasteiger partial charge in [-0.05, 0) is 20.8 Å². The molecule has 4 heterocycles. The van der Waals surface area contributed by atoms with Crippen molar-refractivity contribution in [1.29, 1.82) is 0 Å². The summed E-state index contributed by atoms with van der Waals surface area (Å²) in [5.41, 5.74) is -0.557. The Kier molecular flexibility index (Phi) is 6.73. The molecule has 186 valence electrons. The molecule has 0 aliphatic carbocycles. The Morgan fingerprint density at radius 3 is 2.85 bits per heavy atom. The van der Waals surface area contributed by atoms with E-state index in [1.807, 2.05) is 0 Å². The standard InChI is InChI=1S/C21H27F2N5O5S/c1-4-32-18(29)12-7-25-16(17-24-5-6-34-17)26-13(12)8-27-11-21(22,23)15-14(27)9-33-28(15)10-20(2,3)19(30)31/h5-6,14-15H,4,7-11H2,1-3H3,(H,25,26)(H,30,31). The van der Waals surface area contributed by atoms with Crippen molar-refractivity contribution < 1.29 is 33.1 Å². The number of aromatic nitrogens is 1. The van der Waals surface area contributed by atoms with E-state index in [2.05, 4.69) is 15.3 Å². The molecule has 0 bridgehead atoms. The Morgan fingerprint density at radius 1 is 1.44 bits per heavy atom. The fraction of sp³-hybridized carbons (Fsp3) is 0.619. The van der Waals surface area contributed by atoms with Gasteiger partial charge in [0.15, 0.2) is 10.8 Å². The van der Waals surface area contributed by atoms with Gasteiger partial charge < -0.3 is 15.2 Å². The number of halogens is 2. The lowest BCUT2D eigenvalue weighted by atomic mass is 9.92. The molecule has 0 amide bonds. The molecular weight excluding hydrogens is 472 g/mol. The number of likely N-dealkylation sites (tertiary alicyclic amines) is 1. The molecule has 2 unspecified atom stereocenters. The highest BCUT2D eigenvalue weighted by atomic mass is 32.1. The predicted molar refractivity (Wildman–Crippen MR) is 118 cm³/mol. The van der Waals surface area contributed by atoms with Crippen LogP contribution in [0, 0.1) is 5.41 Å². The number of aliphatic carboxylic acids is 1. The highest BCUT2D eigenvalue weighted by molar-refractivity contribution is 7.11. The number of carbonyl (C=O) groups is 2. The number of carboxylic acids is 1. The first-order valence-corrected chi connectivity index (χ1v) is 11.8. The minimum absolute atomic E-state index is 0.00853. The third-order valence-electron chi connectivity index (χ3n) is 6.08. The number of carbonyl (C=O) groups excluding carboxylic acids is 1. The maximum absolute atomic E-state index is 15.1. The van der Waals surface area contributed by atoms with Crippen molar-refractivity contribution in [3.05, 3.63) is 27.9 Å². The number of thiazole rings is 1. The maximum atomic E-state index is 15.1. The molecule has 0 aromatic carbocycles. The molecule has 13 heteroatoms. The number of aliphatic imine (C=N–C) groups is 1. The van der Waals surface area contributed by atoms with Crippen molar-refractivity contribution in [3.8, 4) is 0 Å². The molecule has 3 aliphatic heterocycles. The smallest absolute Gasteiger partial charge is 0.337 e. The number of amidine groups is 1. The number of hydrogen-bond donors (Lipinski definition) is 2. The van der Waals surface area contributed by atoms with Gasteiger partial charge in [-0.25, -0.2) is 18.6 Å². The number of hydrogen-bond acceptors (Lipinski definition) is 10. The number of fused-ring (bicyclic) bond motifs is 1. The summed E-state index contributed by atoms with van der Waals surface area (Å²) in [7, 11) is 0. The zero-order chi connectivity index (χ0) is 24.7. The molecule has 2 fully saturated rings. The lowest BCUT2D eigenvalue weighted by Crippen LogP contribution is -2.49. The van der Waals surface area contributed by atoms with Gasteiger partial charge >= 0.3 is 11.9 Å². The van der Waals surface area contributed by atoms with E-state index < -0.39 is 41.9 Å². The molecule has 0 spiro atoms. The quantitative estimate of drug-likeness (QED) is 0.512. The van der Waals surface area contributed by atoms with Crippen LogP contribution in [0.1, 0.15) is 25.8 Å². The Labute approximate surface area is 199 Å². The summed E-state index contributed by atoms with van der Waals surface area (Å²) in [6, 6.07) is -1.98. The van der Waals surface area contributed by atoms with E-state index in [1.54, 1.807) is 23.4 Å². The molecule has 4 rings (SSSR count). The van der Waals surface area contributed by atoms with E-state index >= 15 is 8.78 Å². The number of nitrogens with zero attached hydrogens (tertiary/aromatic N) is 4. The summed E-state index contributed by atoms with van der Waals surface area (Å²) in [6.07, 6.45) is 1.63. The Balaban J connectivity index is 1.56. The largest absolute Gasteiger partial charge is 0.481 e. The van der Waals surface area contributed by atoms with E-state index in [0.717, 1.165) is 5.06 Å². The molecule has 1 aromatic rings. The minimum Gasteiger partial charge on any atom is -0.481 e. The van der Waals surface area contributed by atoms with Crippen molar-refractivity contribution in [2.45, 2.75) is 38.8 Å². The van der Waals surface area contributed by atoms with E-state index in [0.29, 0.717) is 16.5 Å². The number of carboxylic acid groups (broad SMARTS) is 1. The van der Waals surface area contributed by atoms with Crippen molar-refractivity contribution in [3.63, 3.8) is 0 Å². The van der Waals surface area contributed by atoms with Crippen LogP contribution in [0.5, 0.6) is 0 Å². The molecule has 2 atom stereocenters. The van der Waals surface area contributed by atoms with Gasteiger partial charge in [-0.15, -0.1) is 11.3 Å². The Hall–Kier alpha value is -2.48. The summed E-state index contributed by atoms with van der Waals surface area (Å²) in [4.78, 5) is 39.8. The fourth-order valence-electron chi connectivity index (χ4n) is 4.31. The first-order valence-electron chi connectivity index (χ1n) is 10.9. The van der Waals surface area contributed by atoms with Gasteiger partial charge in [0, 0.05) is 30.4 Å². The summed E-state index contributed by atoms with van der Waals surface area (Å²) in [6.45, 7) is 4.13. The van der Waals surface area contributed by atoms with Gasteiger partial charge in [-0.1, -0.05) is 0 Å². The zero-order valence-corrected chi connectivity index (χ0v) is 19.9. The number of hydroxylamine groups is 2. The first-order chi connectivity index (χ1) is 16.0. The number of esters is 1. The average molecular weight is 500 g/mol. The van der Waals surface area contributed by atoms with Gasteiger partial charge in [-0.3, -0.25) is 19.5 Å². The van der Waals surface area contributed by atoms with Crippen LogP contribution in [0.4, 0.5) is 8.78 Å². The second-order valence-electron chi connectivity index (χ2n) is 9.04. The third-order valence-corrected chi connectivity index (χ3v) is 6.86. The lowest BCUT2D eigenvalue weighted by molar-refractivity contribution is -0.199. The van der Waals surface area contributed by atoms with Crippen LogP contribution in [0.2, 0.25) is 0 Å². The minimum atomic E-state index is -3.14. The topological polar surface area (TPSA) is 117 Å². The normalized spacial score (nSPS) is 25.1. The van der Waals surface area contributed by atoms with Crippen molar-refractivity contribution in [2.24, 2.45) is 10.4 Å². The number of alkyl halides is 2. The maximum Gasteiger partial charge on any atom is 0.337 e. The van der Waals surface area contributed by atoms with Gasteiger partial charge in [0.05, 0.1) is 43.3 Å². The third kappa shape index (κ3) is 4.69. The average Bonchev–Trinajstić information content (AvgIpc) is 3.47. The monoisotopic (exact) mass is 499 g/mol. The van der Waals surface area contributed by atoms with Gasteiger partial charge in [0.25, 0.3) is 5.92 Å². The van der Waals surface area contributed by atoms with E-state index in [9.17, 15) is 14.7 Å². The van der Waals surface area contributed by atoms with Crippen LogP contribution in [0.3, 0.4) is 0 Å². The molecule has 0 radical (unpaired) electrons. The molecule has 2 saturated heterocycles. The van der Waals surface area contributed by atoms with E-state index in [-0.39, 0.29) is 38.4 Å². The summed E-state index contributed by atoms with van der Waals surface area (Å²) < 4.78 is 35.4.